The first-order valence-corrected chi connectivity index (χ1v) is 17.5. The van der Waals surface area contributed by atoms with E-state index >= 15 is 0 Å². The molecular weight excluding hydrogens is 638 g/mol. The number of rotatable bonds is 6. The van der Waals surface area contributed by atoms with Crippen LogP contribution in [0.5, 0.6) is 0 Å². The molecule has 52 heavy (non-hydrogen) atoms. The molecule has 0 aliphatic heterocycles. The van der Waals surface area contributed by atoms with Crippen LogP contribution in [0, 0.1) is 5.82 Å². The van der Waals surface area contributed by atoms with E-state index in [1.54, 1.807) is 0 Å². The van der Waals surface area contributed by atoms with Gasteiger partial charge in [0, 0.05) is 50.0 Å². The Morgan fingerprint density at radius 2 is 0.846 bits per heavy atom. The van der Waals surface area contributed by atoms with Gasteiger partial charge in [-0.15, -0.1) is 0 Å². The van der Waals surface area contributed by atoms with Crippen molar-refractivity contribution < 1.29 is 4.39 Å². The van der Waals surface area contributed by atoms with Crippen LogP contribution in [-0.2, 0) is 0 Å². The average molecular weight is 670 g/mol. The van der Waals surface area contributed by atoms with Crippen molar-refractivity contribution >= 4 is 60.7 Å². The van der Waals surface area contributed by atoms with E-state index in [9.17, 15) is 4.39 Å². The van der Waals surface area contributed by atoms with E-state index in [4.69, 9.17) is 0 Å². The smallest absolute Gasteiger partial charge is 0.123 e. The Bertz CT molecular complexity index is 2900. The van der Waals surface area contributed by atoms with Crippen LogP contribution >= 0.6 is 0 Å². The number of hydrogen-bond acceptors (Lipinski definition) is 1. The molecule has 0 aliphatic carbocycles. The molecule has 2 heterocycles. The molecule has 0 atom stereocenters. The molecular formula is C48H32FN3. The van der Waals surface area contributed by atoms with Crippen molar-refractivity contribution in [2.24, 2.45) is 0 Å². The van der Waals surface area contributed by atoms with E-state index in [1.807, 2.05) is 12.1 Å². The third kappa shape index (κ3) is 4.88. The van der Waals surface area contributed by atoms with Crippen molar-refractivity contribution in [2.45, 2.75) is 0 Å². The van der Waals surface area contributed by atoms with Crippen LogP contribution in [0.2, 0.25) is 0 Å². The van der Waals surface area contributed by atoms with Crippen molar-refractivity contribution in [1.29, 1.82) is 0 Å². The highest BCUT2D eigenvalue weighted by Gasteiger charge is 2.20. The molecule has 0 fully saturated rings. The lowest BCUT2D eigenvalue weighted by Crippen LogP contribution is -2.10. The number of fused-ring (bicyclic) bond motifs is 6. The minimum atomic E-state index is -0.247. The van der Waals surface area contributed by atoms with Gasteiger partial charge in [0.1, 0.15) is 5.82 Å². The molecule has 0 spiro atoms. The molecule has 0 radical (unpaired) electrons. The van der Waals surface area contributed by atoms with Gasteiger partial charge in [0.2, 0.25) is 0 Å². The Hall–Kier alpha value is -6.91. The Morgan fingerprint density at radius 1 is 0.327 bits per heavy atom. The Kier molecular flexibility index (Phi) is 7.00. The lowest BCUT2D eigenvalue weighted by Gasteiger charge is -2.26. The van der Waals surface area contributed by atoms with Gasteiger partial charge in [0.25, 0.3) is 0 Å². The second kappa shape index (κ2) is 12.1. The second-order valence-electron chi connectivity index (χ2n) is 13.2. The zero-order valence-electron chi connectivity index (χ0n) is 28.2. The van der Waals surface area contributed by atoms with Crippen LogP contribution in [0.4, 0.5) is 21.5 Å². The molecule has 0 N–H and O–H groups in total. The third-order valence-electron chi connectivity index (χ3n) is 10.1. The third-order valence-corrected chi connectivity index (χ3v) is 10.1. The number of halogens is 1. The summed E-state index contributed by atoms with van der Waals surface area (Å²) in [4.78, 5) is 2.36. The number of aromatic nitrogens is 2. The standard InChI is InChI=1S/C48H32FN3/c49-35-22-24-37(25-23-35)51-46-21-10-8-19-42(46)44-31-39(27-29-47(44)51)50(38-17-11-14-34(30-38)33-12-3-1-4-13-33)40-26-28-43-41-18-7-9-20-45(41)52(48(43)32-40)36-15-5-2-6-16-36/h1-32H. The summed E-state index contributed by atoms with van der Waals surface area (Å²) in [5, 5.41) is 4.70. The first-order valence-electron chi connectivity index (χ1n) is 17.5. The molecule has 0 saturated carbocycles. The number of hydrogen-bond donors (Lipinski definition) is 0. The molecule has 2 aromatic heterocycles. The average Bonchev–Trinajstić information content (AvgIpc) is 3.71. The van der Waals surface area contributed by atoms with Crippen molar-refractivity contribution in [3.05, 3.63) is 200 Å². The summed E-state index contributed by atoms with van der Waals surface area (Å²) in [6, 6.07) is 67.3. The van der Waals surface area contributed by atoms with Gasteiger partial charge in [-0.3, -0.25) is 0 Å². The fourth-order valence-corrected chi connectivity index (χ4v) is 7.82. The zero-order valence-corrected chi connectivity index (χ0v) is 28.2. The fourth-order valence-electron chi connectivity index (χ4n) is 7.82. The van der Waals surface area contributed by atoms with Gasteiger partial charge in [-0.2, -0.15) is 0 Å². The minimum absolute atomic E-state index is 0.247. The highest BCUT2D eigenvalue weighted by Crippen LogP contribution is 2.43. The zero-order chi connectivity index (χ0) is 34.6. The molecule has 8 aromatic carbocycles. The van der Waals surface area contributed by atoms with Crippen molar-refractivity contribution in [1.82, 2.24) is 9.13 Å². The van der Waals surface area contributed by atoms with Gasteiger partial charge in [-0.25, -0.2) is 4.39 Å². The quantitative estimate of drug-likeness (QED) is 0.172. The number of para-hydroxylation sites is 3. The maximum absolute atomic E-state index is 14.0. The van der Waals surface area contributed by atoms with E-state index in [-0.39, 0.29) is 5.82 Å². The van der Waals surface area contributed by atoms with Gasteiger partial charge < -0.3 is 14.0 Å². The summed E-state index contributed by atoms with van der Waals surface area (Å²) in [5.74, 6) is -0.247. The summed E-state index contributed by atoms with van der Waals surface area (Å²) in [5.41, 5.74) is 12.0. The normalized spacial score (nSPS) is 11.6. The summed E-state index contributed by atoms with van der Waals surface area (Å²) in [6.45, 7) is 0. The Labute approximate surface area is 300 Å². The van der Waals surface area contributed by atoms with Crippen LogP contribution in [0.3, 0.4) is 0 Å². The van der Waals surface area contributed by atoms with Gasteiger partial charge in [0.05, 0.1) is 22.1 Å². The second-order valence-corrected chi connectivity index (χ2v) is 13.2. The molecule has 246 valence electrons. The molecule has 0 amide bonds. The van der Waals surface area contributed by atoms with E-state index in [0.717, 1.165) is 61.3 Å². The molecule has 0 aliphatic rings. The molecule has 4 heteroatoms. The first kappa shape index (κ1) is 30.0. The topological polar surface area (TPSA) is 13.1 Å². The van der Waals surface area contributed by atoms with E-state index in [1.165, 1.54) is 34.0 Å². The van der Waals surface area contributed by atoms with Crippen molar-refractivity contribution in [2.75, 3.05) is 4.90 Å². The lowest BCUT2D eigenvalue weighted by molar-refractivity contribution is 0.627. The van der Waals surface area contributed by atoms with Gasteiger partial charge in [-0.05, 0) is 102 Å². The fraction of sp³-hybridized carbons (Fsp3) is 0. The molecule has 0 bridgehead atoms. The van der Waals surface area contributed by atoms with Crippen LogP contribution in [0.25, 0.3) is 66.1 Å². The Balaban J connectivity index is 1.23. The summed E-state index contributed by atoms with van der Waals surface area (Å²) in [7, 11) is 0. The van der Waals surface area contributed by atoms with Crippen LogP contribution in [0.1, 0.15) is 0 Å². The van der Waals surface area contributed by atoms with Crippen LogP contribution < -0.4 is 4.90 Å². The molecule has 3 nitrogen and oxygen atoms in total. The van der Waals surface area contributed by atoms with Gasteiger partial charge in [-0.1, -0.05) is 103 Å². The van der Waals surface area contributed by atoms with E-state index in [0.29, 0.717) is 0 Å². The maximum Gasteiger partial charge on any atom is 0.123 e. The van der Waals surface area contributed by atoms with Crippen LogP contribution in [-0.4, -0.2) is 9.13 Å². The highest BCUT2D eigenvalue weighted by molar-refractivity contribution is 6.12. The van der Waals surface area contributed by atoms with Gasteiger partial charge in [0.15, 0.2) is 0 Å². The van der Waals surface area contributed by atoms with Crippen molar-refractivity contribution in [3.8, 4) is 22.5 Å². The highest BCUT2D eigenvalue weighted by atomic mass is 19.1. The molecule has 10 rings (SSSR count). The van der Waals surface area contributed by atoms with Crippen molar-refractivity contribution in [3.63, 3.8) is 0 Å². The predicted molar refractivity (Wildman–Crippen MR) is 215 cm³/mol. The minimum Gasteiger partial charge on any atom is -0.310 e. The summed E-state index contributed by atoms with van der Waals surface area (Å²) >= 11 is 0. The molecule has 0 unspecified atom stereocenters. The first-order chi connectivity index (χ1) is 25.7. The summed E-state index contributed by atoms with van der Waals surface area (Å²) in [6.07, 6.45) is 0. The number of benzene rings is 8. The largest absolute Gasteiger partial charge is 0.310 e. The SMILES string of the molecule is Fc1ccc(-n2c3ccccc3c3cc(N(c4cccc(-c5ccccc5)c4)c4ccc5c6ccccc6n(-c6ccccc6)c5c4)ccc32)cc1. The monoisotopic (exact) mass is 669 g/mol. The number of anilines is 3. The van der Waals surface area contributed by atoms with E-state index < -0.39 is 0 Å². The maximum atomic E-state index is 14.0. The lowest BCUT2D eigenvalue weighted by atomic mass is 10.0. The molecule has 10 aromatic rings. The van der Waals surface area contributed by atoms with Gasteiger partial charge >= 0.3 is 0 Å². The predicted octanol–water partition coefficient (Wildman–Crippen LogP) is 13.2. The molecule has 0 saturated heterocycles. The summed E-state index contributed by atoms with van der Waals surface area (Å²) < 4.78 is 18.6. The number of nitrogens with zero attached hydrogens (tertiary/aromatic N) is 3. The Morgan fingerprint density at radius 3 is 1.60 bits per heavy atom. The van der Waals surface area contributed by atoms with Crippen LogP contribution in [0.15, 0.2) is 194 Å². The van der Waals surface area contributed by atoms with E-state index in [2.05, 4.69) is 184 Å².